The molecule has 0 aromatic heterocycles. The Bertz CT molecular complexity index is 196. The van der Waals surface area contributed by atoms with Crippen LogP contribution in [0.2, 0.25) is 0 Å². The fourth-order valence-corrected chi connectivity index (χ4v) is 0.521. The fraction of sp³-hybridized carbons (Fsp3) is 0. The molecule has 9 heavy (non-hydrogen) atoms. The molecule has 0 saturated heterocycles. The Morgan fingerprint density at radius 3 is 2.00 bits per heavy atom. The van der Waals surface area contributed by atoms with Crippen molar-refractivity contribution in [3.63, 3.8) is 0 Å². The van der Waals surface area contributed by atoms with Gasteiger partial charge >= 0.3 is 0 Å². The molecular formula is C8H5Rh-. The Balaban J connectivity index is 0.000000640. The quantitative estimate of drug-likeness (QED) is 0.342. The molecule has 0 amide bonds. The van der Waals surface area contributed by atoms with Crippen LogP contribution in [0.1, 0.15) is 5.56 Å². The summed E-state index contributed by atoms with van der Waals surface area (Å²) < 4.78 is 0. The Hall–Kier alpha value is -0.597. The van der Waals surface area contributed by atoms with E-state index in [9.17, 15) is 0 Å². The van der Waals surface area contributed by atoms with Gasteiger partial charge < -0.3 is 6.42 Å². The van der Waals surface area contributed by atoms with Crippen LogP contribution < -0.4 is 0 Å². The van der Waals surface area contributed by atoms with Crippen molar-refractivity contribution in [2.75, 3.05) is 0 Å². The molecule has 0 N–H and O–H groups in total. The van der Waals surface area contributed by atoms with E-state index in [2.05, 4.69) is 5.92 Å². The van der Waals surface area contributed by atoms with Gasteiger partial charge in [-0.15, -0.1) is 17.7 Å². The first-order valence-electron chi connectivity index (χ1n) is 2.41. The van der Waals surface area contributed by atoms with Gasteiger partial charge in [0.15, 0.2) is 0 Å². The zero-order chi connectivity index (χ0) is 5.82. The summed E-state index contributed by atoms with van der Waals surface area (Å²) in [5.74, 6) is 2.28. The first kappa shape index (κ1) is 8.40. The van der Waals surface area contributed by atoms with Gasteiger partial charge in [0.05, 0.1) is 0 Å². The summed E-state index contributed by atoms with van der Waals surface area (Å²) >= 11 is 0. The van der Waals surface area contributed by atoms with Crippen LogP contribution in [0, 0.1) is 12.3 Å². The molecule has 1 rings (SSSR count). The first-order chi connectivity index (χ1) is 3.93. The Labute approximate surface area is 68.0 Å². The topological polar surface area (TPSA) is 0 Å². The second kappa shape index (κ2) is 4.30. The molecule has 1 radical (unpaired) electrons. The zero-order valence-electron chi connectivity index (χ0n) is 4.72. The predicted molar refractivity (Wildman–Crippen MR) is 32.7 cm³/mol. The van der Waals surface area contributed by atoms with Crippen LogP contribution >= 0.6 is 0 Å². The molecule has 47 valence electrons. The third kappa shape index (κ3) is 2.44. The standard InChI is InChI=1S/C8H5.Rh/c1-2-8-6-4-3-5-7-8;/h3-7H;/q-1;. The summed E-state index contributed by atoms with van der Waals surface area (Å²) in [4.78, 5) is 0. The summed E-state index contributed by atoms with van der Waals surface area (Å²) in [6.45, 7) is 0. The van der Waals surface area contributed by atoms with Crippen LogP contribution in [0.25, 0.3) is 0 Å². The molecule has 0 spiro atoms. The van der Waals surface area contributed by atoms with Gasteiger partial charge in [-0.05, 0) is 0 Å². The molecule has 0 nitrogen and oxygen atoms in total. The molecule has 1 heteroatoms. The van der Waals surface area contributed by atoms with Crippen LogP contribution in [-0.2, 0) is 19.5 Å². The molecule has 0 saturated carbocycles. The van der Waals surface area contributed by atoms with Gasteiger partial charge in [-0.25, -0.2) is 0 Å². The average Bonchev–Trinajstić information content (AvgIpc) is 1.90. The molecule has 1 aromatic rings. The van der Waals surface area contributed by atoms with E-state index >= 15 is 0 Å². The van der Waals surface area contributed by atoms with Crippen molar-refractivity contribution >= 4 is 0 Å². The van der Waals surface area contributed by atoms with Crippen LogP contribution in [0.15, 0.2) is 30.3 Å². The maximum Gasteiger partial charge on any atom is 0 e. The number of benzene rings is 1. The fourth-order valence-electron chi connectivity index (χ4n) is 0.521. The molecule has 0 aliphatic carbocycles. The molecule has 0 aliphatic heterocycles. The second-order valence-electron chi connectivity index (χ2n) is 1.49. The number of hydrogen-bond donors (Lipinski definition) is 0. The predicted octanol–water partition coefficient (Wildman–Crippen LogP) is 1.62. The van der Waals surface area contributed by atoms with Crippen LogP contribution in [-0.4, -0.2) is 0 Å². The summed E-state index contributed by atoms with van der Waals surface area (Å²) in [5, 5.41) is 0. The Kier molecular flexibility index (Phi) is 4.01. The minimum absolute atomic E-state index is 0. The summed E-state index contributed by atoms with van der Waals surface area (Å²) in [6.07, 6.45) is 6.69. The van der Waals surface area contributed by atoms with Gasteiger partial charge in [-0.3, -0.25) is 5.92 Å². The van der Waals surface area contributed by atoms with Gasteiger partial charge in [0, 0.05) is 19.5 Å². The van der Waals surface area contributed by atoms with E-state index in [0.29, 0.717) is 0 Å². The van der Waals surface area contributed by atoms with Crippen molar-refractivity contribution < 1.29 is 19.5 Å². The van der Waals surface area contributed by atoms with Gasteiger partial charge in [0.25, 0.3) is 0 Å². The Morgan fingerprint density at radius 2 is 1.67 bits per heavy atom. The van der Waals surface area contributed by atoms with E-state index in [1.54, 1.807) is 0 Å². The molecule has 0 fully saturated rings. The normalized spacial score (nSPS) is 7.00. The first-order valence-corrected chi connectivity index (χ1v) is 2.41. The average molecular weight is 204 g/mol. The van der Waals surface area contributed by atoms with E-state index in [0.717, 1.165) is 5.56 Å². The molecule has 0 aliphatic rings. The zero-order valence-corrected chi connectivity index (χ0v) is 6.36. The minimum Gasteiger partial charge on any atom is -0.366 e. The summed E-state index contributed by atoms with van der Waals surface area (Å²) in [7, 11) is 0. The summed E-state index contributed by atoms with van der Waals surface area (Å²) in [5.41, 5.74) is 0.826. The molecule has 0 atom stereocenters. The van der Waals surface area contributed by atoms with E-state index in [1.165, 1.54) is 0 Å². The van der Waals surface area contributed by atoms with Crippen molar-refractivity contribution in [2.24, 2.45) is 0 Å². The monoisotopic (exact) mass is 204 g/mol. The third-order valence-corrected chi connectivity index (χ3v) is 0.918. The van der Waals surface area contributed by atoms with Crippen molar-refractivity contribution in [1.29, 1.82) is 0 Å². The Morgan fingerprint density at radius 1 is 1.11 bits per heavy atom. The van der Waals surface area contributed by atoms with Crippen LogP contribution in [0.5, 0.6) is 0 Å². The van der Waals surface area contributed by atoms with E-state index < -0.39 is 0 Å². The molecule has 0 heterocycles. The molecular weight excluding hydrogens is 199 g/mol. The summed E-state index contributed by atoms with van der Waals surface area (Å²) in [6, 6.07) is 9.37. The van der Waals surface area contributed by atoms with Gasteiger partial charge in [-0.2, -0.15) is 0 Å². The minimum atomic E-state index is 0. The van der Waals surface area contributed by atoms with Gasteiger partial charge in [-0.1, -0.05) is 18.2 Å². The van der Waals surface area contributed by atoms with Crippen molar-refractivity contribution in [3.8, 4) is 5.92 Å². The SMILES string of the molecule is [C-]#Cc1ccccc1.[Rh]. The van der Waals surface area contributed by atoms with Gasteiger partial charge in [0.1, 0.15) is 0 Å². The maximum absolute atomic E-state index is 6.69. The van der Waals surface area contributed by atoms with E-state index in [1.807, 2.05) is 30.3 Å². The van der Waals surface area contributed by atoms with Crippen molar-refractivity contribution in [1.82, 2.24) is 0 Å². The van der Waals surface area contributed by atoms with E-state index in [-0.39, 0.29) is 19.5 Å². The third-order valence-electron chi connectivity index (χ3n) is 0.918. The van der Waals surface area contributed by atoms with Gasteiger partial charge in [0.2, 0.25) is 0 Å². The molecule has 0 unspecified atom stereocenters. The number of hydrogen-bond acceptors (Lipinski definition) is 0. The van der Waals surface area contributed by atoms with Crippen LogP contribution in [0.3, 0.4) is 0 Å². The van der Waals surface area contributed by atoms with Crippen molar-refractivity contribution in [2.45, 2.75) is 0 Å². The molecule has 0 bridgehead atoms. The maximum atomic E-state index is 6.69. The molecule has 1 aromatic carbocycles. The smallest absolute Gasteiger partial charge is 0 e. The second-order valence-corrected chi connectivity index (χ2v) is 1.49. The van der Waals surface area contributed by atoms with E-state index in [4.69, 9.17) is 6.42 Å². The number of rotatable bonds is 0. The van der Waals surface area contributed by atoms with Crippen molar-refractivity contribution in [3.05, 3.63) is 42.3 Å². The largest absolute Gasteiger partial charge is 0.366 e. The van der Waals surface area contributed by atoms with Crippen LogP contribution in [0.4, 0.5) is 0 Å².